The van der Waals surface area contributed by atoms with E-state index in [1.165, 1.54) is 18.2 Å². The Balaban J connectivity index is 1.77. The Morgan fingerprint density at radius 3 is 2.19 bits per heavy atom. The highest BCUT2D eigenvalue weighted by atomic mass is 32.2. The molecule has 1 aliphatic heterocycles. The lowest BCUT2D eigenvalue weighted by molar-refractivity contribution is -0.149. The van der Waals surface area contributed by atoms with Gasteiger partial charge in [0.1, 0.15) is 11.6 Å². The number of amides is 1. The fourth-order valence-electron chi connectivity index (χ4n) is 3.77. The van der Waals surface area contributed by atoms with Gasteiger partial charge in [0, 0.05) is 5.56 Å². The molecular weight excluding hydrogens is 420 g/mol. The van der Waals surface area contributed by atoms with Gasteiger partial charge in [-0.3, -0.25) is 9.52 Å². The minimum absolute atomic E-state index is 0.0740. The number of hydrogen-bond donors (Lipinski definition) is 1. The third-order valence-electron chi connectivity index (χ3n) is 5.43. The minimum atomic E-state index is -0.917. The molecule has 1 amide bonds. The standard InChI is InChI=1S/C24H29F2NO3S/c1-14(2)18-11-17(25)12-19(15(3)4)20(18)13-23(28)27-31-22-10-16(6-7-21(22)26)24(5)29-8-9-30-24/h6-7,10-12,14-15H,8-9,13H2,1-5H3,(H,27,28). The molecule has 4 nitrogen and oxygen atoms in total. The SMILES string of the molecule is CC(C)c1cc(F)cc(C(C)C)c1CC(=O)NSc1cc(C2(C)OCCO2)ccc1F. The van der Waals surface area contributed by atoms with E-state index in [1.54, 1.807) is 19.1 Å². The molecule has 0 unspecified atom stereocenters. The van der Waals surface area contributed by atoms with E-state index >= 15 is 0 Å². The lowest BCUT2D eigenvalue weighted by Gasteiger charge is -2.23. The Morgan fingerprint density at radius 1 is 1.06 bits per heavy atom. The van der Waals surface area contributed by atoms with Crippen LogP contribution in [0.15, 0.2) is 35.2 Å². The van der Waals surface area contributed by atoms with Gasteiger partial charge in [0.25, 0.3) is 0 Å². The first-order valence-corrected chi connectivity index (χ1v) is 11.3. The molecule has 1 N–H and O–H groups in total. The minimum Gasteiger partial charge on any atom is -0.344 e. The Hall–Kier alpha value is -1.96. The third-order valence-corrected chi connectivity index (χ3v) is 6.30. The van der Waals surface area contributed by atoms with Gasteiger partial charge in [-0.2, -0.15) is 0 Å². The van der Waals surface area contributed by atoms with Crippen molar-refractivity contribution in [2.45, 2.75) is 63.6 Å². The zero-order chi connectivity index (χ0) is 22.8. The van der Waals surface area contributed by atoms with Gasteiger partial charge < -0.3 is 9.47 Å². The maximum Gasteiger partial charge on any atom is 0.234 e. The van der Waals surface area contributed by atoms with Crippen molar-refractivity contribution in [1.82, 2.24) is 4.72 Å². The highest BCUT2D eigenvalue weighted by Crippen LogP contribution is 2.34. The molecule has 0 atom stereocenters. The van der Waals surface area contributed by atoms with E-state index in [2.05, 4.69) is 4.72 Å². The number of rotatable bonds is 7. The first kappa shape index (κ1) is 23.7. The van der Waals surface area contributed by atoms with Crippen LogP contribution in [0.4, 0.5) is 8.78 Å². The van der Waals surface area contributed by atoms with Crippen LogP contribution in [0.2, 0.25) is 0 Å². The average molecular weight is 450 g/mol. The lowest BCUT2D eigenvalue weighted by Crippen LogP contribution is -2.23. The molecule has 1 heterocycles. The quantitative estimate of drug-likeness (QED) is 0.543. The second-order valence-corrected chi connectivity index (χ2v) is 9.31. The van der Waals surface area contributed by atoms with Crippen LogP contribution in [0.25, 0.3) is 0 Å². The molecule has 1 aliphatic rings. The summed E-state index contributed by atoms with van der Waals surface area (Å²) < 4.78 is 42.5. The van der Waals surface area contributed by atoms with Gasteiger partial charge in [0.15, 0.2) is 5.79 Å². The molecule has 1 fully saturated rings. The Labute approximate surface area is 186 Å². The number of ether oxygens (including phenoxy) is 2. The summed E-state index contributed by atoms with van der Waals surface area (Å²) in [5, 5.41) is 0. The maximum absolute atomic E-state index is 14.3. The zero-order valence-electron chi connectivity index (χ0n) is 18.6. The second kappa shape index (κ2) is 9.67. The van der Waals surface area contributed by atoms with E-state index < -0.39 is 11.6 Å². The highest BCUT2D eigenvalue weighted by molar-refractivity contribution is 7.98. The van der Waals surface area contributed by atoms with Gasteiger partial charge in [-0.1, -0.05) is 33.8 Å². The smallest absolute Gasteiger partial charge is 0.234 e. The fourth-order valence-corrected chi connectivity index (χ4v) is 4.42. The number of hydrogen-bond acceptors (Lipinski definition) is 4. The molecule has 3 rings (SSSR count). The predicted octanol–water partition coefficient (Wildman–Crippen LogP) is 5.80. The van der Waals surface area contributed by atoms with Gasteiger partial charge in [-0.05, 0) is 71.7 Å². The molecule has 31 heavy (non-hydrogen) atoms. The van der Waals surface area contributed by atoms with Crippen LogP contribution in [0, 0.1) is 11.6 Å². The topological polar surface area (TPSA) is 47.6 Å². The van der Waals surface area contributed by atoms with Crippen molar-refractivity contribution in [2.24, 2.45) is 0 Å². The number of benzene rings is 2. The summed E-state index contributed by atoms with van der Waals surface area (Å²) in [6.45, 7) is 10.6. The number of carbonyl (C=O) groups excluding carboxylic acids is 1. The van der Waals surface area contributed by atoms with Crippen LogP contribution in [-0.4, -0.2) is 19.1 Å². The highest BCUT2D eigenvalue weighted by Gasteiger charge is 2.33. The summed E-state index contributed by atoms with van der Waals surface area (Å²) in [5.74, 6) is -1.78. The van der Waals surface area contributed by atoms with Crippen molar-refractivity contribution in [1.29, 1.82) is 0 Å². The number of nitrogens with one attached hydrogen (secondary N) is 1. The molecule has 0 aliphatic carbocycles. The monoisotopic (exact) mass is 449 g/mol. The van der Waals surface area contributed by atoms with Crippen molar-refractivity contribution in [2.75, 3.05) is 13.2 Å². The number of carbonyl (C=O) groups is 1. The third kappa shape index (κ3) is 5.45. The van der Waals surface area contributed by atoms with Gasteiger partial charge in [0.05, 0.1) is 24.5 Å². The second-order valence-electron chi connectivity index (χ2n) is 8.46. The molecule has 7 heteroatoms. The molecule has 0 spiro atoms. The van der Waals surface area contributed by atoms with Gasteiger partial charge >= 0.3 is 0 Å². The largest absolute Gasteiger partial charge is 0.344 e. The molecular formula is C24H29F2NO3S. The Bertz CT molecular complexity index is 927. The Morgan fingerprint density at radius 2 is 1.65 bits per heavy atom. The first-order valence-electron chi connectivity index (χ1n) is 10.5. The fraction of sp³-hybridized carbons (Fsp3) is 0.458. The normalized spacial score (nSPS) is 15.6. The van der Waals surface area contributed by atoms with Crippen LogP contribution in [0.3, 0.4) is 0 Å². The van der Waals surface area contributed by atoms with Crippen molar-refractivity contribution in [3.63, 3.8) is 0 Å². The predicted molar refractivity (Wildman–Crippen MR) is 118 cm³/mol. The van der Waals surface area contributed by atoms with Crippen molar-refractivity contribution >= 4 is 17.9 Å². The first-order chi connectivity index (χ1) is 14.6. The van der Waals surface area contributed by atoms with E-state index in [0.29, 0.717) is 18.8 Å². The van der Waals surface area contributed by atoms with E-state index in [4.69, 9.17) is 9.47 Å². The summed E-state index contributed by atoms with van der Waals surface area (Å²) >= 11 is 0.918. The molecule has 0 aromatic heterocycles. The lowest BCUT2D eigenvalue weighted by atomic mass is 9.87. The average Bonchev–Trinajstić information content (AvgIpc) is 3.15. The van der Waals surface area contributed by atoms with E-state index in [1.807, 2.05) is 27.7 Å². The van der Waals surface area contributed by atoms with Crippen LogP contribution in [0.5, 0.6) is 0 Å². The van der Waals surface area contributed by atoms with E-state index in [-0.39, 0.29) is 34.9 Å². The molecule has 2 aromatic rings. The summed E-state index contributed by atoms with van der Waals surface area (Å²) in [6.07, 6.45) is 0.0968. The molecule has 0 radical (unpaired) electrons. The summed E-state index contributed by atoms with van der Waals surface area (Å²) in [6, 6.07) is 7.58. The number of halogens is 2. The van der Waals surface area contributed by atoms with E-state index in [0.717, 1.165) is 28.6 Å². The molecule has 1 saturated heterocycles. The van der Waals surface area contributed by atoms with E-state index in [9.17, 15) is 13.6 Å². The Kier molecular flexibility index (Phi) is 7.39. The van der Waals surface area contributed by atoms with Gasteiger partial charge in [-0.15, -0.1) is 0 Å². The van der Waals surface area contributed by atoms with Crippen LogP contribution in [0.1, 0.15) is 68.7 Å². The molecule has 168 valence electrons. The van der Waals surface area contributed by atoms with Crippen LogP contribution in [-0.2, 0) is 26.5 Å². The molecule has 0 bridgehead atoms. The van der Waals surface area contributed by atoms with Gasteiger partial charge in [-0.25, -0.2) is 8.78 Å². The zero-order valence-corrected chi connectivity index (χ0v) is 19.4. The maximum atomic E-state index is 14.3. The summed E-state index contributed by atoms with van der Waals surface area (Å²) in [7, 11) is 0. The van der Waals surface area contributed by atoms with Crippen LogP contribution < -0.4 is 4.72 Å². The van der Waals surface area contributed by atoms with Crippen molar-refractivity contribution in [3.8, 4) is 0 Å². The molecule has 0 saturated carbocycles. The summed E-state index contributed by atoms with van der Waals surface area (Å²) in [4.78, 5) is 13.0. The van der Waals surface area contributed by atoms with Crippen molar-refractivity contribution < 1.29 is 23.0 Å². The summed E-state index contributed by atoms with van der Waals surface area (Å²) in [5.41, 5.74) is 3.16. The van der Waals surface area contributed by atoms with Crippen molar-refractivity contribution in [3.05, 3.63) is 64.2 Å². The van der Waals surface area contributed by atoms with Gasteiger partial charge in [0.2, 0.25) is 5.91 Å². The molecule has 2 aromatic carbocycles. The van der Waals surface area contributed by atoms with Crippen LogP contribution >= 0.6 is 11.9 Å².